The number of amides is 1. The predicted octanol–water partition coefficient (Wildman–Crippen LogP) is 6.90. The monoisotopic (exact) mass is 445 g/mol. The largest absolute Gasteiger partial charge is 0.325 e. The minimum absolute atomic E-state index is 0.0440. The van der Waals surface area contributed by atoms with E-state index in [0.29, 0.717) is 17.9 Å². The highest BCUT2D eigenvalue weighted by atomic mass is 35.5. The number of allylic oxidation sites excluding steroid dienone is 1. The molecular formula is C25H29Cl2NO2. The molecule has 30 heavy (non-hydrogen) atoms. The molecule has 1 amide bonds. The van der Waals surface area contributed by atoms with Crippen LogP contribution in [0.25, 0.3) is 0 Å². The number of hydrogen-bond donors (Lipinski definition) is 0. The van der Waals surface area contributed by atoms with Crippen molar-refractivity contribution in [1.29, 1.82) is 0 Å². The van der Waals surface area contributed by atoms with Gasteiger partial charge in [0.05, 0.1) is 17.5 Å². The molecule has 1 aliphatic heterocycles. The van der Waals surface area contributed by atoms with Crippen molar-refractivity contribution >= 4 is 35.4 Å². The van der Waals surface area contributed by atoms with Crippen LogP contribution in [-0.2, 0) is 9.59 Å². The van der Waals surface area contributed by atoms with Crippen molar-refractivity contribution in [3.63, 3.8) is 0 Å². The highest BCUT2D eigenvalue weighted by molar-refractivity contribution is 6.30. The van der Waals surface area contributed by atoms with Crippen molar-refractivity contribution in [2.45, 2.75) is 51.6 Å². The molecule has 1 heterocycles. The van der Waals surface area contributed by atoms with E-state index in [4.69, 9.17) is 23.2 Å². The van der Waals surface area contributed by atoms with Crippen LogP contribution in [0.2, 0.25) is 10.0 Å². The molecule has 0 aliphatic carbocycles. The van der Waals surface area contributed by atoms with Crippen molar-refractivity contribution in [2.24, 2.45) is 5.41 Å². The molecule has 3 nitrogen and oxygen atoms in total. The molecule has 3 rings (SSSR count). The predicted molar refractivity (Wildman–Crippen MR) is 125 cm³/mol. The third kappa shape index (κ3) is 5.96. The number of carbonyl (C=O) groups excluding carboxylic acids is 2. The second-order valence-electron chi connectivity index (χ2n) is 7.78. The van der Waals surface area contributed by atoms with Gasteiger partial charge in [0.25, 0.3) is 0 Å². The number of halogens is 2. The Morgan fingerprint density at radius 2 is 1.73 bits per heavy atom. The molecule has 2 aromatic carbocycles. The number of carbonyl (C=O) groups is 2. The Morgan fingerprint density at radius 1 is 1.13 bits per heavy atom. The fourth-order valence-electron chi connectivity index (χ4n) is 3.83. The molecule has 0 aromatic heterocycles. The van der Waals surface area contributed by atoms with Gasteiger partial charge in [-0.25, -0.2) is 0 Å². The summed E-state index contributed by atoms with van der Waals surface area (Å²) in [4.78, 5) is 26.5. The zero-order valence-corrected chi connectivity index (χ0v) is 19.1. The summed E-state index contributed by atoms with van der Waals surface area (Å²) in [6.07, 6.45) is 5.55. The summed E-state index contributed by atoms with van der Waals surface area (Å²) in [5, 5.41) is 1.46. The van der Waals surface area contributed by atoms with Gasteiger partial charge in [-0.15, -0.1) is 6.58 Å². The second-order valence-corrected chi connectivity index (χ2v) is 8.65. The molecule has 2 unspecified atom stereocenters. The van der Waals surface area contributed by atoms with E-state index in [1.165, 1.54) is 0 Å². The van der Waals surface area contributed by atoms with Crippen molar-refractivity contribution < 1.29 is 9.59 Å². The third-order valence-corrected chi connectivity index (χ3v) is 6.08. The van der Waals surface area contributed by atoms with E-state index < -0.39 is 11.5 Å². The number of aldehydes is 1. The van der Waals surface area contributed by atoms with E-state index in [1.807, 2.05) is 68.4 Å². The van der Waals surface area contributed by atoms with Gasteiger partial charge in [0.1, 0.15) is 6.29 Å². The van der Waals surface area contributed by atoms with E-state index in [-0.39, 0.29) is 11.9 Å². The number of piperidine rings is 1. The summed E-state index contributed by atoms with van der Waals surface area (Å²) < 4.78 is 0. The number of likely N-dealkylation sites (tertiary alicyclic amines) is 1. The van der Waals surface area contributed by atoms with Gasteiger partial charge in [-0.1, -0.05) is 73.5 Å². The van der Waals surface area contributed by atoms with Crippen LogP contribution in [0.15, 0.2) is 67.3 Å². The van der Waals surface area contributed by atoms with E-state index in [2.05, 4.69) is 6.58 Å². The lowest BCUT2D eigenvalue weighted by atomic mass is 9.74. The Balaban J connectivity index is 0.000000386. The first-order valence-electron chi connectivity index (χ1n) is 10.2. The molecule has 0 bridgehead atoms. The third-order valence-electron chi connectivity index (χ3n) is 5.57. The molecule has 0 N–H and O–H groups in total. The maximum absolute atomic E-state index is 13.1. The smallest absolute Gasteiger partial charge is 0.229 e. The van der Waals surface area contributed by atoms with Gasteiger partial charge < -0.3 is 9.69 Å². The minimum atomic E-state index is -0.471. The van der Waals surface area contributed by atoms with Gasteiger partial charge in [-0.2, -0.15) is 0 Å². The van der Waals surface area contributed by atoms with Gasteiger partial charge in [-0.3, -0.25) is 4.79 Å². The van der Waals surface area contributed by atoms with Crippen LogP contribution >= 0.6 is 23.2 Å². The lowest BCUT2D eigenvalue weighted by molar-refractivity contribution is -0.154. The fourth-order valence-corrected chi connectivity index (χ4v) is 4.10. The first-order valence-corrected chi connectivity index (χ1v) is 11.0. The summed E-state index contributed by atoms with van der Waals surface area (Å²) in [5.74, 6) is 0.0440. The van der Waals surface area contributed by atoms with E-state index in [1.54, 1.807) is 11.0 Å². The molecule has 1 fully saturated rings. The summed E-state index contributed by atoms with van der Waals surface area (Å²) in [5.41, 5.74) is 0.560. The number of hydrogen-bond acceptors (Lipinski definition) is 2. The number of nitrogens with zero attached hydrogens (tertiary/aromatic N) is 1. The molecule has 5 heteroatoms. The van der Waals surface area contributed by atoms with Gasteiger partial charge in [0.15, 0.2) is 0 Å². The molecule has 1 saturated heterocycles. The molecule has 2 aromatic rings. The maximum atomic E-state index is 13.1. The molecule has 0 saturated carbocycles. The molecule has 0 spiro atoms. The lowest BCUT2D eigenvalue weighted by Gasteiger charge is -2.46. The van der Waals surface area contributed by atoms with Crippen LogP contribution in [0.5, 0.6) is 0 Å². The zero-order valence-electron chi connectivity index (χ0n) is 17.6. The number of rotatable bonds is 6. The molecule has 1 aliphatic rings. The fraction of sp³-hybridized carbons (Fsp3) is 0.360. The Morgan fingerprint density at radius 3 is 2.20 bits per heavy atom. The first-order chi connectivity index (χ1) is 14.4. The van der Waals surface area contributed by atoms with Crippen LogP contribution in [0.3, 0.4) is 0 Å². The van der Waals surface area contributed by atoms with Crippen molar-refractivity contribution in [1.82, 2.24) is 4.90 Å². The maximum Gasteiger partial charge on any atom is 0.229 e. The van der Waals surface area contributed by atoms with Crippen LogP contribution in [0, 0.1) is 5.41 Å². The van der Waals surface area contributed by atoms with Crippen molar-refractivity contribution in [3.05, 3.63) is 82.9 Å². The molecule has 0 radical (unpaired) electrons. The van der Waals surface area contributed by atoms with Gasteiger partial charge in [-0.05, 0) is 55.5 Å². The highest BCUT2D eigenvalue weighted by Gasteiger charge is 2.45. The first kappa shape index (κ1) is 24.2. The van der Waals surface area contributed by atoms with E-state index >= 15 is 0 Å². The van der Waals surface area contributed by atoms with Crippen LogP contribution in [0.4, 0.5) is 0 Å². The molecule has 3 atom stereocenters. The Hall–Kier alpha value is -2.10. The van der Waals surface area contributed by atoms with Crippen LogP contribution in [-0.4, -0.2) is 23.1 Å². The van der Waals surface area contributed by atoms with E-state index in [9.17, 15) is 9.59 Å². The average Bonchev–Trinajstić information content (AvgIpc) is 2.74. The molecule has 160 valence electrons. The van der Waals surface area contributed by atoms with Gasteiger partial charge >= 0.3 is 0 Å². The van der Waals surface area contributed by atoms with Crippen LogP contribution in [0.1, 0.15) is 51.1 Å². The summed E-state index contributed by atoms with van der Waals surface area (Å²) in [6.45, 7) is 7.68. The van der Waals surface area contributed by atoms with Crippen molar-refractivity contribution in [3.8, 4) is 0 Å². The lowest BCUT2D eigenvalue weighted by Crippen LogP contribution is -2.53. The SMILES string of the molecule is C=CC[C@@]1(C)CCC(c2ccc(Cl)cc2)N(C(C=O)CC)C1=O.Clc1ccccc1. The van der Waals surface area contributed by atoms with E-state index in [0.717, 1.165) is 29.7 Å². The Kier molecular flexibility index (Phi) is 9.13. The Bertz CT molecular complexity index is 838. The average molecular weight is 446 g/mol. The minimum Gasteiger partial charge on any atom is -0.325 e. The normalized spacial score (nSPS) is 21.9. The van der Waals surface area contributed by atoms with Crippen molar-refractivity contribution in [2.75, 3.05) is 0 Å². The molecular weight excluding hydrogens is 417 g/mol. The quantitative estimate of drug-likeness (QED) is 0.357. The highest BCUT2D eigenvalue weighted by Crippen LogP contribution is 2.44. The zero-order chi connectivity index (χ0) is 22.1. The topological polar surface area (TPSA) is 37.4 Å². The van der Waals surface area contributed by atoms with Gasteiger partial charge in [0.2, 0.25) is 5.91 Å². The van der Waals surface area contributed by atoms with Gasteiger partial charge in [0, 0.05) is 10.0 Å². The number of benzene rings is 2. The van der Waals surface area contributed by atoms with Crippen LogP contribution < -0.4 is 0 Å². The summed E-state index contributed by atoms with van der Waals surface area (Å²) in [6, 6.07) is 16.5. The summed E-state index contributed by atoms with van der Waals surface area (Å²) >= 11 is 11.5. The second kappa shape index (κ2) is 11.3. The Labute approximate surface area is 189 Å². The standard InChI is InChI=1S/C19H24ClNO2.C6H5Cl/c1-4-11-19(3)12-10-17(14-6-8-15(20)9-7-14)21(18(19)23)16(5-2)13-22;7-6-4-2-1-3-5-6/h4,6-9,13,16-17H,1,5,10-12H2,2-3H3;1-5H/t16?,17?,19-;/m0./s1. The summed E-state index contributed by atoms with van der Waals surface area (Å²) in [7, 11) is 0.